The number of hydrogen-bond donors (Lipinski definition) is 0. The molecule has 2 heteroatoms. The maximum atomic E-state index is 6.16. The lowest BCUT2D eigenvalue weighted by molar-refractivity contribution is -0.131. The molecule has 2 aliphatic heterocycles. The van der Waals surface area contributed by atoms with Gasteiger partial charge in [0, 0.05) is 13.2 Å². The molecule has 2 aliphatic rings. The maximum absolute atomic E-state index is 6.16. The number of hydrogen-bond acceptors (Lipinski definition) is 2. The van der Waals surface area contributed by atoms with Crippen molar-refractivity contribution < 1.29 is 9.47 Å². The van der Waals surface area contributed by atoms with Crippen molar-refractivity contribution >= 4 is 0 Å². The lowest BCUT2D eigenvalue weighted by Gasteiger charge is -2.47. The molecule has 0 amide bonds. The van der Waals surface area contributed by atoms with Crippen molar-refractivity contribution in [3.05, 3.63) is 0 Å². The minimum absolute atomic E-state index is 0.135. The molecule has 0 aromatic carbocycles. The van der Waals surface area contributed by atoms with Gasteiger partial charge in [-0.05, 0) is 56.3 Å². The summed E-state index contributed by atoms with van der Waals surface area (Å²) in [6.45, 7) is 12.2. The van der Waals surface area contributed by atoms with E-state index in [1.165, 1.54) is 25.7 Å². The van der Waals surface area contributed by atoms with E-state index in [0.717, 1.165) is 26.2 Å². The molecular weight excluding hydrogens is 224 g/mol. The number of ether oxygens (including phenoxy) is 2. The molecule has 0 radical (unpaired) electrons. The smallest absolute Gasteiger partial charge is 0.0652 e. The summed E-state index contributed by atoms with van der Waals surface area (Å²) in [4.78, 5) is 0. The fourth-order valence-corrected chi connectivity index (χ4v) is 3.46. The summed E-state index contributed by atoms with van der Waals surface area (Å²) in [6, 6.07) is 0. The summed E-state index contributed by atoms with van der Waals surface area (Å²) in [5.74, 6) is 1.41. The Morgan fingerprint density at radius 2 is 1.89 bits per heavy atom. The molecule has 0 spiro atoms. The fourth-order valence-electron chi connectivity index (χ4n) is 3.46. The van der Waals surface area contributed by atoms with Crippen molar-refractivity contribution in [2.75, 3.05) is 19.8 Å². The third-order valence-corrected chi connectivity index (χ3v) is 5.67. The highest BCUT2D eigenvalue weighted by Crippen LogP contribution is 2.45. The molecular formula is C16H30O2. The Hall–Kier alpha value is -0.0800. The van der Waals surface area contributed by atoms with Crippen molar-refractivity contribution in [3.8, 4) is 0 Å². The van der Waals surface area contributed by atoms with Crippen molar-refractivity contribution in [1.82, 2.24) is 0 Å². The van der Waals surface area contributed by atoms with E-state index in [1.807, 2.05) is 0 Å². The molecule has 18 heavy (non-hydrogen) atoms. The Morgan fingerprint density at radius 1 is 1.17 bits per heavy atom. The minimum atomic E-state index is 0.135. The molecule has 0 aromatic heterocycles. The van der Waals surface area contributed by atoms with Crippen molar-refractivity contribution in [2.45, 2.75) is 65.4 Å². The van der Waals surface area contributed by atoms with Gasteiger partial charge in [0.2, 0.25) is 0 Å². The van der Waals surface area contributed by atoms with Crippen LogP contribution in [0.3, 0.4) is 0 Å². The van der Waals surface area contributed by atoms with E-state index in [9.17, 15) is 0 Å². The number of rotatable bonds is 3. The highest BCUT2D eigenvalue weighted by atomic mass is 16.5. The summed E-state index contributed by atoms with van der Waals surface area (Å²) in [5, 5.41) is 0. The van der Waals surface area contributed by atoms with Gasteiger partial charge in [-0.15, -0.1) is 0 Å². The normalized spacial score (nSPS) is 38.7. The van der Waals surface area contributed by atoms with E-state index in [4.69, 9.17) is 9.47 Å². The van der Waals surface area contributed by atoms with Crippen LogP contribution in [0.1, 0.15) is 59.8 Å². The first kappa shape index (κ1) is 14.3. The second kappa shape index (κ2) is 5.50. The molecule has 0 saturated carbocycles. The molecule has 0 bridgehead atoms. The van der Waals surface area contributed by atoms with Crippen LogP contribution in [0.15, 0.2) is 0 Å². The van der Waals surface area contributed by atoms with E-state index < -0.39 is 0 Å². The molecule has 3 atom stereocenters. The summed E-state index contributed by atoms with van der Waals surface area (Å²) >= 11 is 0. The molecule has 106 valence electrons. The van der Waals surface area contributed by atoms with Crippen LogP contribution in [0.4, 0.5) is 0 Å². The average Bonchev–Trinajstić information content (AvgIpc) is 2.40. The molecule has 2 rings (SSSR count). The monoisotopic (exact) mass is 254 g/mol. The van der Waals surface area contributed by atoms with Crippen LogP contribution in [0.5, 0.6) is 0 Å². The first-order valence-electron chi connectivity index (χ1n) is 7.69. The van der Waals surface area contributed by atoms with Gasteiger partial charge in [-0.1, -0.05) is 20.8 Å². The van der Waals surface area contributed by atoms with Gasteiger partial charge in [0.05, 0.1) is 12.2 Å². The molecule has 0 aromatic rings. The molecule has 2 saturated heterocycles. The van der Waals surface area contributed by atoms with Gasteiger partial charge >= 0.3 is 0 Å². The first-order chi connectivity index (χ1) is 8.48. The van der Waals surface area contributed by atoms with Gasteiger partial charge in [-0.25, -0.2) is 0 Å². The van der Waals surface area contributed by atoms with Crippen molar-refractivity contribution in [3.63, 3.8) is 0 Å². The second-order valence-electron chi connectivity index (χ2n) is 7.09. The van der Waals surface area contributed by atoms with Crippen LogP contribution in [0.2, 0.25) is 0 Å². The molecule has 0 aliphatic carbocycles. The molecule has 2 fully saturated rings. The predicted octanol–water partition coefficient (Wildman–Crippen LogP) is 4.03. The van der Waals surface area contributed by atoms with Crippen LogP contribution in [0.25, 0.3) is 0 Å². The highest BCUT2D eigenvalue weighted by Gasteiger charge is 2.42. The first-order valence-corrected chi connectivity index (χ1v) is 7.69. The molecule has 0 N–H and O–H groups in total. The Labute approximate surface area is 112 Å². The zero-order valence-corrected chi connectivity index (χ0v) is 12.6. The zero-order chi connectivity index (χ0) is 13.2. The Morgan fingerprint density at radius 3 is 2.39 bits per heavy atom. The van der Waals surface area contributed by atoms with Gasteiger partial charge in [0.1, 0.15) is 0 Å². The lowest BCUT2D eigenvalue weighted by Crippen LogP contribution is -2.45. The minimum Gasteiger partial charge on any atom is -0.381 e. The topological polar surface area (TPSA) is 18.5 Å². The van der Waals surface area contributed by atoms with Gasteiger partial charge in [-0.3, -0.25) is 0 Å². The van der Waals surface area contributed by atoms with E-state index in [2.05, 4.69) is 27.7 Å². The Balaban J connectivity index is 1.94. The van der Waals surface area contributed by atoms with Crippen LogP contribution in [0, 0.1) is 17.3 Å². The maximum Gasteiger partial charge on any atom is 0.0652 e. The third-order valence-electron chi connectivity index (χ3n) is 5.67. The zero-order valence-electron chi connectivity index (χ0n) is 12.6. The fraction of sp³-hybridized carbons (Fsp3) is 1.00. The highest BCUT2D eigenvalue weighted by molar-refractivity contribution is 4.91. The molecule has 2 nitrogen and oxygen atoms in total. The second-order valence-corrected chi connectivity index (χ2v) is 7.09. The van der Waals surface area contributed by atoms with Gasteiger partial charge in [0.25, 0.3) is 0 Å². The summed E-state index contributed by atoms with van der Waals surface area (Å²) in [7, 11) is 0. The van der Waals surface area contributed by atoms with E-state index in [1.54, 1.807) is 0 Å². The van der Waals surface area contributed by atoms with Crippen molar-refractivity contribution in [2.24, 2.45) is 17.3 Å². The van der Waals surface area contributed by atoms with E-state index in [-0.39, 0.29) is 5.60 Å². The van der Waals surface area contributed by atoms with Crippen LogP contribution >= 0.6 is 0 Å². The average molecular weight is 254 g/mol. The van der Waals surface area contributed by atoms with Crippen LogP contribution in [-0.2, 0) is 9.47 Å². The van der Waals surface area contributed by atoms with Crippen LogP contribution < -0.4 is 0 Å². The Bertz CT molecular complexity index is 258. The van der Waals surface area contributed by atoms with Gasteiger partial charge < -0.3 is 9.47 Å². The quantitative estimate of drug-likeness (QED) is 0.757. The standard InChI is InChI=1S/C16H30O2/c1-5-16(4)9-8-14(12-18-16)15(2,3)13-7-6-10-17-11-13/h13-14H,5-12H2,1-4H3. The summed E-state index contributed by atoms with van der Waals surface area (Å²) < 4.78 is 11.8. The van der Waals surface area contributed by atoms with Crippen molar-refractivity contribution in [1.29, 1.82) is 0 Å². The van der Waals surface area contributed by atoms with Gasteiger partial charge in [0.15, 0.2) is 0 Å². The SMILES string of the molecule is CCC1(C)CCC(C(C)(C)C2CCCOC2)CO1. The third kappa shape index (κ3) is 2.91. The van der Waals surface area contributed by atoms with E-state index >= 15 is 0 Å². The molecule has 2 heterocycles. The van der Waals surface area contributed by atoms with E-state index in [0.29, 0.717) is 17.3 Å². The molecule has 3 unspecified atom stereocenters. The summed E-state index contributed by atoms with van der Waals surface area (Å²) in [5.41, 5.74) is 0.491. The van der Waals surface area contributed by atoms with Gasteiger partial charge in [-0.2, -0.15) is 0 Å². The summed E-state index contributed by atoms with van der Waals surface area (Å²) in [6.07, 6.45) is 6.22. The predicted molar refractivity (Wildman–Crippen MR) is 74.7 cm³/mol. The Kier molecular flexibility index (Phi) is 4.38. The largest absolute Gasteiger partial charge is 0.381 e. The lowest BCUT2D eigenvalue weighted by atomic mass is 9.65. The van der Waals surface area contributed by atoms with Crippen LogP contribution in [-0.4, -0.2) is 25.4 Å².